The Hall–Kier alpha value is -1.85. The summed E-state index contributed by atoms with van der Waals surface area (Å²) in [7, 11) is 5.16. The van der Waals surface area contributed by atoms with Gasteiger partial charge >= 0.3 is 0 Å². The zero-order chi connectivity index (χ0) is 11.3. The normalized spacial score (nSPS) is 9.53. The van der Waals surface area contributed by atoms with Crippen LogP contribution in [0.15, 0.2) is 12.3 Å². The van der Waals surface area contributed by atoms with Crippen LogP contribution < -0.4 is 15.5 Å². The van der Waals surface area contributed by atoms with Crippen LogP contribution in [-0.2, 0) is 4.79 Å². The van der Waals surface area contributed by atoms with Gasteiger partial charge in [0, 0.05) is 27.3 Å². The van der Waals surface area contributed by atoms with Crippen LogP contribution in [0.1, 0.15) is 0 Å². The van der Waals surface area contributed by atoms with Gasteiger partial charge in [-0.15, -0.1) is 0 Å². The third-order valence-electron chi connectivity index (χ3n) is 1.92. The number of likely N-dealkylation sites (N-methyl/N-ethyl adjacent to an activating group) is 2. The maximum Gasteiger partial charge on any atom is 0.239 e. The third-order valence-corrected chi connectivity index (χ3v) is 1.92. The van der Waals surface area contributed by atoms with E-state index in [0.29, 0.717) is 11.8 Å². The molecule has 1 rings (SSSR count). The van der Waals surface area contributed by atoms with Crippen molar-refractivity contribution < 1.29 is 4.79 Å². The van der Waals surface area contributed by atoms with Crippen LogP contribution in [0, 0.1) is 0 Å². The van der Waals surface area contributed by atoms with Crippen molar-refractivity contribution in [1.29, 1.82) is 0 Å². The molecule has 82 valence electrons. The van der Waals surface area contributed by atoms with Crippen molar-refractivity contribution in [2.45, 2.75) is 0 Å². The number of nitrogens with one attached hydrogen (secondary N) is 2. The van der Waals surface area contributed by atoms with Gasteiger partial charge in [-0.1, -0.05) is 0 Å². The summed E-state index contributed by atoms with van der Waals surface area (Å²) in [6, 6.07) is 1.75. The Labute approximate surface area is 88.7 Å². The van der Waals surface area contributed by atoms with Crippen molar-refractivity contribution >= 4 is 17.7 Å². The molecular formula is C9H15N5O. The molecule has 1 heterocycles. The number of hydrogen-bond acceptors (Lipinski definition) is 5. The Morgan fingerprint density at radius 2 is 2.27 bits per heavy atom. The lowest BCUT2D eigenvalue weighted by Gasteiger charge is -2.16. The Morgan fingerprint density at radius 1 is 1.53 bits per heavy atom. The smallest absolute Gasteiger partial charge is 0.239 e. The van der Waals surface area contributed by atoms with Crippen molar-refractivity contribution in [2.75, 3.05) is 37.9 Å². The van der Waals surface area contributed by atoms with E-state index in [9.17, 15) is 4.79 Å². The van der Waals surface area contributed by atoms with Crippen LogP contribution in [0.5, 0.6) is 0 Å². The van der Waals surface area contributed by atoms with Crippen LogP contribution >= 0.6 is 0 Å². The summed E-state index contributed by atoms with van der Waals surface area (Å²) in [5.74, 6) is 1.19. The molecule has 2 N–H and O–H groups in total. The molecule has 0 radical (unpaired) electrons. The van der Waals surface area contributed by atoms with Gasteiger partial charge in [0.25, 0.3) is 0 Å². The molecule has 0 spiro atoms. The first-order chi connectivity index (χ1) is 7.17. The predicted molar refractivity (Wildman–Crippen MR) is 58.9 cm³/mol. The Bertz CT molecular complexity index is 341. The molecule has 0 aliphatic heterocycles. The number of hydrogen-bond donors (Lipinski definition) is 2. The molecule has 6 heteroatoms. The number of rotatable bonds is 4. The molecule has 0 saturated carbocycles. The maximum atomic E-state index is 11.1. The van der Waals surface area contributed by atoms with E-state index in [1.165, 1.54) is 0 Å². The second-order valence-electron chi connectivity index (χ2n) is 3.02. The predicted octanol–water partition coefficient (Wildman–Crippen LogP) is -0.300. The molecule has 6 nitrogen and oxygen atoms in total. The summed E-state index contributed by atoms with van der Waals surface area (Å²) >= 11 is 0. The topological polar surface area (TPSA) is 70.2 Å². The highest BCUT2D eigenvalue weighted by atomic mass is 16.1. The van der Waals surface area contributed by atoms with E-state index in [2.05, 4.69) is 20.6 Å². The fourth-order valence-corrected chi connectivity index (χ4v) is 1.06. The van der Waals surface area contributed by atoms with Crippen LogP contribution in [0.2, 0.25) is 0 Å². The number of amides is 1. The van der Waals surface area contributed by atoms with Gasteiger partial charge in [-0.25, -0.2) is 4.98 Å². The zero-order valence-electron chi connectivity index (χ0n) is 9.11. The van der Waals surface area contributed by atoms with E-state index >= 15 is 0 Å². The second kappa shape index (κ2) is 5.14. The van der Waals surface area contributed by atoms with E-state index in [4.69, 9.17) is 0 Å². The molecule has 0 aliphatic rings. The van der Waals surface area contributed by atoms with Crippen LogP contribution in [0.4, 0.5) is 11.8 Å². The quantitative estimate of drug-likeness (QED) is 0.712. The van der Waals surface area contributed by atoms with E-state index in [1.807, 2.05) is 0 Å². The van der Waals surface area contributed by atoms with Gasteiger partial charge in [0.15, 0.2) is 0 Å². The lowest BCUT2D eigenvalue weighted by molar-refractivity contribution is -0.119. The van der Waals surface area contributed by atoms with Gasteiger partial charge < -0.3 is 15.5 Å². The fourth-order valence-electron chi connectivity index (χ4n) is 1.06. The van der Waals surface area contributed by atoms with Crippen molar-refractivity contribution in [3.8, 4) is 0 Å². The largest absolute Gasteiger partial charge is 0.358 e. The zero-order valence-corrected chi connectivity index (χ0v) is 9.11. The van der Waals surface area contributed by atoms with Crippen LogP contribution in [0.25, 0.3) is 0 Å². The first kappa shape index (κ1) is 11.2. The summed E-state index contributed by atoms with van der Waals surface area (Å²) in [5.41, 5.74) is 0. The SMILES string of the molecule is CNC(=O)CN(C)c1ccnc(NC)n1. The molecule has 0 bridgehead atoms. The number of carbonyl (C=O) groups is 1. The summed E-state index contributed by atoms with van der Waals surface area (Å²) in [6.45, 7) is 0.274. The number of anilines is 2. The van der Waals surface area contributed by atoms with Gasteiger partial charge in [0.1, 0.15) is 5.82 Å². The standard InChI is InChI=1S/C9H15N5O/c1-10-8(15)6-14(3)7-4-5-12-9(11-2)13-7/h4-5H,6H2,1-3H3,(H,10,15)(H,11,12,13). The van der Waals surface area contributed by atoms with E-state index in [1.54, 1.807) is 38.3 Å². The molecule has 0 aromatic carbocycles. The average molecular weight is 209 g/mol. The molecule has 1 amide bonds. The Kier molecular flexibility index (Phi) is 3.84. The molecule has 1 aromatic rings. The minimum absolute atomic E-state index is 0.0536. The molecule has 0 fully saturated rings. The van der Waals surface area contributed by atoms with Gasteiger partial charge in [-0.05, 0) is 6.07 Å². The van der Waals surface area contributed by atoms with Gasteiger partial charge in [0.2, 0.25) is 11.9 Å². The Balaban J connectivity index is 2.72. The van der Waals surface area contributed by atoms with E-state index < -0.39 is 0 Å². The fraction of sp³-hybridized carbons (Fsp3) is 0.444. The molecule has 0 aliphatic carbocycles. The lowest BCUT2D eigenvalue weighted by Crippen LogP contribution is -2.33. The molecular weight excluding hydrogens is 194 g/mol. The summed E-state index contributed by atoms with van der Waals surface area (Å²) < 4.78 is 0. The molecule has 15 heavy (non-hydrogen) atoms. The number of carbonyl (C=O) groups excluding carboxylic acids is 1. The van der Waals surface area contributed by atoms with Crippen molar-refractivity contribution in [3.05, 3.63) is 12.3 Å². The highest BCUT2D eigenvalue weighted by molar-refractivity contribution is 5.80. The minimum Gasteiger partial charge on any atom is -0.358 e. The van der Waals surface area contributed by atoms with Crippen molar-refractivity contribution in [3.63, 3.8) is 0 Å². The molecule has 0 saturated heterocycles. The average Bonchev–Trinajstić information content (AvgIpc) is 2.28. The van der Waals surface area contributed by atoms with E-state index in [-0.39, 0.29) is 12.5 Å². The summed E-state index contributed by atoms with van der Waals surface area (Å²) in [6.07, 6.45) is 1.65. The van der Waals surface area contributed by atoms with Gasteiger partial charge in [0.05, 0.1) is 6.54 Å². The van der Waals surface area contributed by atoms with Gasteiger partial charge in [-0.3, -0.25) is 4.79 Å². The van der Waals surface area contributed by atoms with Crippen LogP contribution in [0.3, 0.4) is 0 Å². The van der Waals surface area contributed by atoms with Crippen molar-refractivity contribution in [2.24, 2.45) is 0 Å². The van der Waals surface area contributed by atoms with Crippen molar-refractivity contribution in [1.82, 2.24) is 15.3 Å². The molecule has 0 atom stereocenters. The maximum absolute atomic E-state index is 11.1. The third kappa shape index (κ3) is 3.08. The minimum atomic E-state index is -0.0536. The van der Waals surface area contributed by atoms with Crippen LogP contribution in [-0.4, -0.2) is 43.6 Å². The monoisotopic (exact) mass is 209 g/mol. The van der Waals surface area contributed by atoms with E-state index in [0.717, 1.165) is 0 Å². The summed E-state index contributed by atoms with van der Waals surface area (Å²) in [5, 5.41) is 5.39. The second-order valence-corrected chi connectivity index (χ2v) is 3.02. The number of nitrogens with zero attached hydrogens (tertiary/aromatic N) is 3. The molecule has 1 aromatic heterocycles. The summed E-state index contributed by atoms with van der Waals surface area (Å²) in [4.78, 5) is 21.1. The van der Waals surface area contributed by atoms with Gasteiger partial charge in [-0.2, -0.15) is 4.98 Å². The molecule has 0 unspecified atom stereocenters. The first-order valence-corrected chi connectivity index (χ1v) is 4.60. The number of aromatic nitrogens is 2. The first-order valence-electron chi connectivity index (χ1n) is 4.60. The highest BCUT2D eigenvalue weighted by Gasteiger charge is 2.07. The lowest BCUT2D eigenvalue weighted by atomic mass is 10.4. The Morgan fingerprint density at radius 3 is 2.87 bits per heavy atom. The highest BCUT2D eigenvalue weighted by Crippen LogP contribution is 2.09.